The third kappa shape index (κ3) is 3.21. The smallest absolute Gasteiger partial charge is 0.181 e. The van der Waals surface area contributed by atoms with Crippen molar-refractivity contribution in [1.29, 1.82) is 0 Å². The Labute approximate surface area is 140 Å². The molecule has 0 bridgehead atoms. The summed E-state index contributed by atoms with van der Waals surface area (Å²) in [5, 5.41) is 7.20. The van der Waals surface area contributed by atoms with Gasteiger partial charge < -0.3 is 0 Å². The predicted molar refractivity (Wildman–Crippen MR) is 91.7 cm³/mol. The van der Waals surface area contributed by atoms with Gasteiger partial charge in [-0.25, -0.2) is 9.37 Å². The number of hydrogen-bond acceptors (Lipinski definition) is 3. The molecule has 2 aromatic carbocycles. The largest absolute Gasteiger partial charge is 0.299 e. The summed E-state index contributed by atoms with van der Waals surface area (Å²) < 4.78 is 13.4. The second-order valence-electron chi connectivity index (χ2n) is 6.20. The van der Waals surface area contributed by atoms with Crippen LogP contribution in [0.2, 0.25) is 0 Å². The Morgan fingerprint density at radius 2 is 1.79 bits per heavy atom. The molecule has 1 aromatic heterocycles. The van der Waals surface area contributed by atoms with Gasteiger partial charge in [0.05, 0.1) is 0 Å². The van der Waals surface area contributed by atoms with Crippen molar-refractivity contribution < 1.29 is 4.39 Å². The molecule has 1 N–H and O–H groups in total. The normalized spacial score (nSPS) is 15.0. The quantitative estimate of drug-likeness (QED) is 0.793. The summed E-state index contributed by atoms with van der Waals surface area (Å²) in [5.74, 6) is 0.935. The highest BCUT2D eigenvalue weighted by atomic mass is 19.1. The first kappa shape index (κ1) is 15.0. The molecule has 1 fully saturated rings. The van der Waals surface area contributed by atoms with Crippen molar-refractivity contribution in [2.24, 2.45) is 0 Å². The summed E-state index contributed by atoms with van der Waals surface area (Å²) in [6, 6.07) is 14.7. The second-order valence-corrected chi connectivity index (χ2v) is 6.20. The zero-order valence-corrected chi connectivity index (χ0v) is 13.4. The highest BCUT2D eigenvalue weighted by Gasteiger charge is 2.13. The summed E-state index contributed by atoms with van der Waals surface area (Å²) in [6.07, 6.45) is 2.58. The number of aromatic amines is 1. The highest BCUT2D eigenvalue weighted by Crippen LogP contribution is 2.22. The van der Waals surface area contributed by atoms with Gasteiger partial charge in [-0.1, -0.05) is 30.3 Å². The third-order valence-corrected chi connectivity index (χ3v) is 4.37. The number of hydrogen-bond donors (Lipinski definition) is 1. The van der Waals surface area contributed by atoms with E-state index in [1.54, 1.807) is 6.07 Å². The van der Waals surface area contributed by atoms with Gasteiger partial charge in [0.1, 0.15) is 5.82 Å². The zero-order valence-electron chi connectivity index (χ0n) is 13.4. The van der Waals surface area contributed by atoms with E-state index in [0.717, 1.165) is 12.1 Å². The molecule has 5 heteroatoms. The van der Waals surface area contributed by atoms with Crippen LogP contribution in [0.4, 0.5) is 4.39 Å². The lowest BCUT2D eigenvalue weighted by Crippen LogP contribution is -2.18. The van der Waals surface area contributed by atoms with E-state index < -0.39 is 0 Å². The molecule has 3 aromatic rings. The molecule has 122 valence electrons. The average molecular weight is 322 g/mol. The Hall–Kier alpha value is -2.53. The van der Waals surface area contributed by atoms with Crippen molar-refractivity contribution in [3.63, 3.8) is 0 Å². The van der Waals surface area contributed by atoms with Crippen molar-refractivity contribution in [3.8, 4) is 22.8 Å². The minimum Gasteiger partial charge on any atom is -0.299 e. The molecule has 4 nitrogen and oxygen atoms in total. The average Bonchev–Trinajstić information content (AvgIpc) is 3.27. The van der Waals surface area contributed by atoms with E-state index in [2.05, 4.69) is 32.2 Å². The molecule has 0 radical (unpaired) electrons. The van der Waals surface area contributed by atoms with Crippen LogP contribution in [0.15, 0.2) is 48.5 Å². The zero-order chi connectivity index (χ0) is 16.4. The van der Waals surface area contributed by atoms with Gasteiger partial charge in [0, 0.05) is 17.7 Å². The first-order valence-electron chi connectivity index (χ1n) is 8.28. The number of nitrogens with zero attached hydrogens (tertiary/aromatic N) is 3. The van der Waals surface area contributed by atoms with Gasteiger partial charge in [-0.05, 0) is 49.7 Å². The molecule has 0 spiro atoms. The SMILES string of the molecule is Fc1cccc(-c2nc(-c3cccc(CN4CCCC4)c3)n[nH]2)c1. The van der Waals surface area contributed by atoms with Crippen molar-refractivity contribution >= 4 is 0 Å². The van der Waals surface area contributed by atoms with Crippen LogP contribution in [0.3, 0.4) is 0 Å². The van der Waals surface area contributed by atoms with E-state index in [-0.39, 0.29) is 5.82 Å². The fourth-order valence-corrected chi connectivity index (χ4v) is 3.16. The third-order valence-electron chi connectivity index (χ3n) is 4.37. The number of H-pyrrole nitrogens is 1. The van der Waals surface area contributed by atoms with E-state index in [1.807, 2.05) is 18.2 Å². The van der Waals surface area contributed by atoms with Gasteiger partial charge in [0.25, 0.3) is 0 Å². The molecule has 4 rings (SSSR count). The van der Waals surface area contributed by atoms with E-state index in [9.17, 15) is 4.39 Å². The van der Waals surface area contributed by atoms with E-state index in [4.69, 9.17) is 0 Å². The maximum atomic E-state index is 13.4. The Balaban J connectivity index is 1.58. The van der Waals surface area contributed by atoms with Crippen LogP contribution >= 0.6 is 0 Å². The van der Waals surface area contributed by atoms with Gasteiger partial charge in [0.2, 0.25) is 0 Å². The van der Waals surface area contributed by atoms with Crippen LogP contribution in [0.1, 0.15) is 18.4 Å². The Kier molecular flexibility index (Phi) is 4.09. The Morgan fingerprint density at radius 1 is 1.00 bits per heavy atom. The molecule has 0 aliphatic carbocycles. The van der Waals surface area contributed by atoms with Crippen molar-refractivity contribution in [2.75, 3.05) is 13.1 Å². The van der Waals surface area contributed by atoms with Crippen LogP contribution in [0, 0.1) is 5.82 Å². The molecule has 0 atom stereocenters. The van der Waals surface area contributed by atoms with Gasteiger partial charge in [-0.3, -0.25) is 10.00 Å². The highest BCUT2D eigenvalue weighted by molar-refractivity contribution is 5.61. The van der Waals surface area contributed by atoms with Gasteiger partial charge in [-0.2, -0.15) is 5.10 Å². The molecule has 24 heavy (non-hydrogen) atoms. The first-order valence-corrected chi connectivity index (χ1v) is 8.28. The summed E-state index contributed by atoms with van der Waals surface area (Å²) in [7, 11) is 0. The molecule has 2 heterocycles. The maximum Gasteiger partial charge on any atom is 0.181 e. The van der Waals surface area contributed by atoms with Crippen molar-refractivity contribution in [3.05, 3.63) is 59.9 Å². The molecule has 0 saturated carbocycles. The molecular formula is C19H19FN4. The van der Waals surface area contributed by atoms with Crippen LogP contribution < -0.4 is 0 Å². The number of likely N-dealkylation sites (tertiary alicyclic amines) is 1. The number of rotatable bonds is 4. The molecular weight excluding hydrogens is 303 g/mol. The second kappa shape index (κ2) is 6.53. The van der Waals surface area contributed by atoms with Crippen molar-refractivity contribution in [1.82, 2.24) is 20.1 Å². The van der Waals surface area contributed by atoms with Crippen LogP contribution in [0.5, 0.6) is 0 Å². The first-order chi connectivity index (χ1) is 11.8. The number of benzene rings is 2. The van der Waals surface area contributed by atoms with E-state index in [0.29, 0.717) is 17.2 Å². The fourth-order valence-electron chi connectivity index (χ4n) is 3.16. The predicted octanol–water partition coefficient (Wildman–Crippen LogP) is 3.87. The summed E-state index contributed by atoms with van der Waals surface area (Å²) in [6.45, 7) is 3.32. The standard InChI is InChI=1S/C19H19FN4/c20-17-8-4-7-16(12-17)19-21-18(22-23-19)15-6-3-5-14(11-15)13-24-9-1-2-10-24/h3-8,11-12H,1-2,9-10,13H2,(H,21,22,23). The lowest BCUT2D eigenvalue weighted by molar-refractivity contribution is 0.331. The monoisotopic (exact) mass is 322 g/mol. The summed E-state index contributed by atoms with van der Waals surface area (Å²) in [4.78, 5) is 6.99. The van der Waals surface area contributed by atoms with E-state index in [1.165, 1.54) is 43.6 Å². The molecule has 0 unspecified atom stereocenters. The summed E-state index contributed by atoms with van der Waals surface area (Å²) in [5.41, 5.74) is 2.94. The topological polar surface area (TPSA) is 44.8 Å². The molecule has 0 amide bonds. The van der Waals surface area contributed by atoms with Crippen LogP contribution in [-0.4, -0.2) is 33.2 Å². The number of nitrogens with one attached hydrogen (secondary N) is 1. The van der Waals surface area contributed by atoms with Gasteiger partial charge in [0.15, 0.2) is 11.6 Å². The number of aromatic nitrogens is 3. The van der Waals surface area contributed by atoms with Crippen molar-refractivity contribution in [2.45, 2.75) is 19.4 Å². The Bertz CT molecular complexity index is 837. The fraction of sp³-hybridized carbons (Fsp3) is 0.263. The minimum absolute atomic E-state index is 0.280. The number of halogens is 1. The molecule has 1 saturated heterocycles. The van der Waals surface area contributed by atoms with E-state index >= 15 is 0 Å². The molecule has 1 aliphatic heterocycles. The van der Waals surface area contributed by atoms with Crippen LogP contribution in [-0.2, 0) is 6.54 Å². The summed E-state index contributed by atoms with van der Waals surface area (Å²) >= 11 is 0. The van der Waals surface area contributed by atoms with Gasteiger partial charge >= 0.3 is 0 Å². The minimum atomic E-state index is -0.280. The molecule has 1 aliphatic rings. The Morgan fingerprint density at radius 3 is 2.62 bits per heavy atom. The maximum absolute atomic E-state index is 13.4. The lowest BCUT2D eigenvalue weighted by atomic mass is 10.1. The lowest BCUT2D eigenvalue weighted by Gasteiger charge is -2.14. The van der Waals surface area contributed by atoms with Crippen LogP contribution in [0.25, 0.3) is 22.8 Å². The van der Waals surface area contributed by atoms with Gasteiger partial charge in [-0.15, -0.1) is 0 Å².